The van der Waals surface area contributed by atoms with E-state index in [0.717, 1.165) is 5.57 Å². The molecule has 4 N–H and O–H groups in total. The molecule has 0 saturated carbocycles. The Hall–Kier alpha value is -0.370. The summed E-state index contributed by atoms with van der Waals surface area (Å²) in [5, 5.41) is 0. The van der Waals surface area contributed by atoms with E-state index in [4.69, 9.17) is 14.4 Å². The number of phosphoric ester groups is 1. The molecule has 1 aromatic rings. The van der Waals surface area contributed by atoms with E-state index in [9.17, 15) is 9.46 Å². The van der Waals surface area contributed by atoms with Crippen molar-refractivity contribution in [2.24, 2.45) is 10.8 Å². The first-order valence-corrected chi connectivity index (χ1v) is 9.92. The van der Waals surface area contributed by atoms with Crippen LogP contribution >= 0.6 is 7.82 Å². The van der Waals surface area contributed by atoms with Crippen molar-refractivity contribution in [1.82, 2.24) is 6.15 Å². The molecule has 1 unspecified atom stereocenters. The van der Waals surface area contributed by atoms with Crippen LogP contribution in [0.4, 0.5) is 0 Å². The van der Waals surface area contributed by atoms with Crippen molar-refractivity contribution in [3.05, 3.63) is 35.4 Å². The SMILES string of the molecule is COC(=C(COCC(C)(C)C)C(C)(C)C)c1cccc(OP(=O)([O-])O)c1.N.[Na+]. The third-order valence-corrected chi connectivity index (χ3v) is 3.92. The van der Waals surface area contributed by atoms with Gasteiger partial charge in [0.05, 0.1) is 20.3 Å². The Bertz CT molecular complexity index is 688. The summed E-state index contributed by atoms with van der Waals surface area (Å²) in [6, 6.07) is 6.38. The third-order valence-electron chi connectivity index (χ3n) is 3.48. The zero-order valence-corrected chi connectivity index (χ0v) is 21.3. The van der Waals surface area contributed by atoms with Gasteiger partial charge < -0.3 is 29.9 Å². The van der Waals surface area contributed by atoms with Crippen molar-refractivity contribution in [3.63, 3.8) is 0 Å². The van der Waals surface area contributed by atoms with Crippen LogP contribution in [0.15, 0.2) is 29.8 Å². The minimum atomic E-state index is -4.87. The standard InChI is InChI=1S/C19H31O6P.H3N.Na/c1-18(2,3)13-24-12-16(19(4,5)6)17(23-7)14-9-8-10-15(11-14)25-26(20,21)22;;/h8-11H,12-13H2,1-7H3,(H2,20,21,22);1H3;/q;;+1/p-1. The first-order chi connectivity index (χ1) is 11.7. The minimum Gasteiger partial charge on any atom is -0.746 e. The van der Waals surface area contributed by atoms with Crippen LogP contribution in [-0.2, 0) is 14.0 Å². The molecular weight excluding hydrogens is 392 g/mol. The molecule has 0 aliphatic rings. The Balaban J connectivity index is 0. The average molecular weight is 425 g/mol. The number of methoxy groups -OCH3 is 1. The summed E-state index contributed by atoms with van der Waals surface area (Å²) in [5.74, 6) is 0.609. The summed E-state index contributed by atoms with van der Waals surface area (Å²) in [6.45, 7) is 13.4. The molecule has 1 atom stereocenters. The van der Waals surface area contributed by atoms with Gasteiger partial charge >= 0.3 is 37.4 Å². The van der Waals surface area contributed by atoms with Crippen molar-refractivity contribution in [3.8, 4) is 5.75 Å². The van der Waals surface area contributed by atoms with Gasteiger partial charge in [-0.2, -0.15) is 0 Å². The van der Waals surface area contributed by atoms with Crippen molar-refractivity contribution < 1.29 is 57.9 Å². The number of phosphoric acid groups is 1. The van der Waals surface area contributed by atoms with E-state index in [1.807, 2.05) is 0 Å². The van der Waals surface area contributed by atoms with E-state index < -0.39 is 7.82 Å². The van der Waals surface area contributed by atoms with Gasteiger partial charge in [0.25, 0.3) is 0 Å². The van der Waals surface area contributed by atoms with Gasteiger partial charge in [-0.25, -0.2) is 0 Å². The Morgan fingerprint density at radius 1 is 1.18 bits per heavy atom. The Kier molecular flexibility index (Phi) is 12.5. The zero-order chi connectivity index (χ0) is 20.2. The predicted octanol–water partition coefficient (Wildman–Crippen LogP) is 1.16. The maximum Gasteiger partial charge on any atom is 1.00 e. The predicted molar refractivity (Wildman–Crippen MR) is 106 cm³/mol. The van der Waals surface area contributed by atoms with Crippen LogP contribution in [0.25, 0.3) is 5.76 Å². The van der Waals surface area contributed by atoms with Gasteiger partial charge in [0.15, 0.2) is 0 Å². The van der Waals surface area contributed by atoms with E-state index in [-0.39, 0.29) is 52.3 Å². The van der Waals surface area contributed by atoms with Crippen molar-refractivity contribution in [2.45, 2.75) is 41.5 Å². The second kappa shape index (κ2) is 11.7. The molecular formula is C19H33NNaO6P. The summed E-state index contributed by atoms with van der Waals surface area (Å²) < 4.78 is 27.1. The van der Waals surface area contributed by atoms with Crippen LogP contribution < -0.4 is 45.1 Å². The van der Waals surface area contributed by atoms with Crippen molar-refractivity contribution in [2.75, 3.05) is 20.3 Å². The van der Waals surface area contributed by atoms with Gasteiger partial charge in [-0.05, 0) is 23.0 Å². The number of ether oxygens (including phenoxy) is 2. The summed E-state index contributed by atoms with van der Waals surface area (Å²) in [7, 11) is -3.31. The molecule has 0 saturated heterocycles. The number of hydrogen-bond acceptors (Lipinski definition) is 6. The van der Waals surface area contributed by atoms with Gasteiger partial charge in [-0.3, -0.25) is 4.57 Å². The molecule has 1 aromatic carbocycles. The number of rotatable bonds is 7. The van der Waals surface area contributed by atoms with Crippen LogP contribution in [0.5, 0.6) is 5.75 Å². The largest absolute Gasteiger partial charge is 1.00 e. The van der Waals surface area contributed by atoms with Crippen LogP contribution in [0, 0.1) is 10.8 Å². The first kappa shape index (κ1) is 29.8. The fraction of sp³-hybridized carbons (Fsp3) is 0.579. The maximum absolute atomic E-state index is 11.0. The number of hydrogen-bond donors (Lipinski definition) is 2. The molecule has 1 rings (SSSR count). The summed E-state index contributed by atoms with van der Waals surface area (Å²) in [5.41, 5.74) is 1.39. The van der Waals surface area contributed by atoms with Gasteiger partial charge in [-0.15, -0.1) is 0 Å². The molecule has 0 amide bonds. The zero-order valence-electron chi connectivity index (χ0n) is 18.4. The smallest absolute Gasteiger partial charge is 0.746 e. The number of benzene rings is 1. The maximum atomic E-state index is 11.0. The Morgan fingerprint density at radius 2 is 1.75 bits per heavy atom. The molecule has 156 valence electrons. The quantitative estimate of drug-likeness (QED) is 0.382. The van der Waals surface area contributed by atoms with E-state index >= 15 is 0 Å². The van der Waals surface area contributed by atoms with E-state index in [1.165, 1.54) is 12.1 Å². The minimum absolute atomic E-state index is 0. The van der Waals surface area contributed by atoms with E-state index in [2.05, 4.69) is 46.1 Å². The molecule has 0 aromatic heterocycles. The summed E-state index contributed by atoms with van der Waals surface area (Å²) in [4.78, 5) is 19.9. The molecule has 0 aliphatic heterocycles. The molecule has 7 nitrogen and oxygen atoms in total. The third kappa shape index (κ3) is 11.0. The van der Waals surface area contributed by atoms with E-state index in [1.54, 1.807) is 19.2 Å². The van der Waals surface area contributed by atoms with Crippen molar-refractivity contribution in [1.29, 1.82) is 0 Å². The van der Waals surface area contributed by atoms with Gasteiger partial charge in [0.1, 0.15) is 11.5 Å². The fourth-order valence-corrected chi connectivity index (χ4v) is 2.70. The van der Waals surface area contributed by atoms with Gasteiger partial charge in [0, 0.05) is 11.1 Å². The van der Waals surface area contributed by atoms with Crippen molar-refractivity contribution >= 4 is 13.6 Å². The molecule has 0 heterocycles. The Labute approximate surface area is 191 Å². The summed E-state index contributed by atoms with van der Waals surface area (Å²) in [6.07, 6.45) is 0. The van der Waals surface area contributed by atoms with E-state index in [0.29, 0.717) is 24.5 Å². The molecule has 9 heteroatoms. The summed E-state index contributed by atoms with van der Waals surface area (Å²) >= 11 is 0. The molecule has 0 bridgehead atoms. The second-order valence-electron chi connectivity index (χ2n) is 8.40. The molecule has 0 fully saturated rings. The second-order valence-corrected chi connectivity index (χ2v) is 9.52. The fourth-order valence-electron chi connectivity index (χ4n) is 2.32. The molecule has 28 heavy (non-hydrogen) atoms. The monoisotopic (exact) mass is 425 g/mol. The van der Waals surface area contributed by atoms with Crippen LogP contribution in [-0.4, -0.2) is 25.2 Å². The topological polar surface area (TPSA) is 123 Å². The van der Waals surface area contributed by atoms with Crippen LogP contribution in [0.3, 0.4) is 0 Å². The van der Waals surface area contributed by atoms with Gasteiger partial charge in [0.2, 0.25) is 0 Å². The normalized spacial score (nSPS) is 14.8. The van der Waals surface area contributed by atoms with Crippen LogP contribution in [0.2, 0.25) is 0 Å². The molecule has 0 aliphatic carbocycles. The Morgan fingerprint density at radius 3 is 2.18 bits per heavy atom. The molecule has 0 radical (unpaired) electrons. The average Bonchev–Trinajstić information content (AvgIpc) is 2.42. The van der Waals surface area contributed by atoms with Crippen LogP contribution in [0.1, 0.15) is 47.1 Å². The molecule has 0 spiro atoms. The van der Waals surface area contributed by atoms with Gasteiger partial charge in [-0.1, -0.05) is 53.7 Å². The first-order valence-electron chi connectivity index (χ1n) is 8.42.